The number of nitrogens with one attached hydrogen (secondary N) is 1. The summed E-state index contributed by atoms with van der Waals surface area (Å²) in [6.45, 7) is 1.52. The van der Waals surface area contributed by atoms with E-state index in [2.05, 4.69) is 4.74 Å². The summed E-state index contributed by atoms with van der Waals surface area (Å²) in [7, 11) is -2.20. The molecule has 0 bridgehead atoms. The molecule has 0 rings (SSSR count). The first-order chi connectivity index (χ1) is 6.43. The third-order valence-corrected chi connectivity index (χ3v) is 3.02. The van der Waals surface area contributed by atoms with E-state index in [1.165, 1.54) is 7.11 Å². The van der Waals surface area contributed by atoms with E-state index in [9.17, 15) is 13.2 Å². The van der Waals surface area contributed by atoms with Gasteiger partial charge in [0.2, 0.25) is 10.0 Å². The van der Waals surface area contributed by atoms with Gasteiger partial charge >= 0.3 is 5.97 Å². The van der Waals surface area contributed by atoms with Gasteiger partial charge in [0.1, 0.15) is 6.04 Å². The number of carboxylic acids is 1. The summed E-state index contributed by atoms with van der Waals surface area (Å²) in [6.07, 6.45) is 0.439. The SMILES string of the molecule is CCCS(=O)(=O)NC(COC)C(=O)O. The van der Waals surface area contributed by atoms with Crippen molar-refractivity contribution in [3.05, 3.63) is 0 Å². The molecule has 2 N–H and O–H groups in total. The molecule has 0 aliphatic heterocycles. The first kappa shape index (κ1) is 13.3. The fraction of sp³-hybridized carbons (Fsp3) is 0.857. The number of hydrogen-bond donors (Lipinski definition) is 2. The van der Waals surface area contributed by atoms with E-state index in [0.717, 1.165) is 0 Å². The van der Waals surface area contributed by atoms with Crippen LogP contribution in [-0.4, -0.2) is 45.0 Å². The lowest BCUT2D eigenvalue weighted by atomic mass is 10.3. The Labute approximate surface area is 83.3 Å². The summed E-state index contributed by atoms with van der Waals surface area (Å²) in [5, 5.41) is 8.63. The Morgan fingerprint density at radius 2 is 2.14 bits per heavy atom. The van der Waals surface area contributed by atoms with E-state index < -0.39 is 22.0 Å². The average molecular weight is 225 g/mol. The van der Waals surface area contributed by atoms with Crippen molar-refractivity contribution in [2.45, 2.75) is 19.4 Å². The molecule has 0 fully saturated rings. The van der Waals surface area contributed by atoms with Crippen molar-refractivity contribution in [3.63, 3.8) is 0 Å². The molecule has 0 aliphatic rings. The van der Waals surface area contributed by atoms with Crippen LogP contribution in [0.2, 0.25) is 0 Å². The molecule has 0 radical (unpaired) electrons. The Balaban J connectivity index is 4.36. The van der Waals surface area contributed by atoms with Crippen molar-refractivity contribution in [3.8, 4) is 0 Å². The molecular formula is C7H15NO5S. The van der Waals surface area contributed by atoms with Crippen LogP contribution in [0, 0.1) is 0 Å². The maximum atomic E-state index is 11.2. The van der Waals surface area contributed by atoms with Crippen LogP contribution < -0.4 is 4.72 Å². The molecule has 6 nitrogen and oxygen atoms in total. The first-order valence-corrected chi connectivity index (χ1v) is 5.80. The van der Waals surface area contributed by atoms with Crippen molar-refractivity contribution in [2.24, 2.45) is 0 Å². The van der Waals surface area contributed by atoms with Gasteiger partial charge in [0.25, 0.3) is 0 Å². The predicted octanol–water partition coefficient (Wildman–Crippen LogP) is -0.585. The van der Waals surface area contributed by atoms with Gasteiger partial charge in [0.15, 0.2) is 0 Å². The van der Waals surface area contributed by atoms with E-state index >= 15 is 0 Å². The lowest BCUT2D eigenvalue weighted by molar-refractivity contribution is -0.140. The van der Waals surface area contributed by atoms with Crippen LogP contribution in [0.15, 0.2) is 0 Å². The smallest absolute Gasteiger partial charge is 0.324 e. The van der Waals surface area contributed by atoms with Crippen molar-refractivity contribution in [1.29, 1.82) is 0 Å². The number of methoxy groups -OCH3 is 1. The van der Waals surface area contributed by atoms with Crippen LogP contribution in [0.4, 0.5) is 0 Å². The molecule has 84 valence electrons. The lowest BCUT2D eigenvalue weighted by Gasteiger charge is -2.12. The van der Waals surface area contributed by atoms with Crippen molar-refractivity contribution in [2.75, 3.05) is 19.5 Å². The highest BCUT2D eigenvalue weighted by Gasteiger charge is 2.22. The Hall–Kier alpha value is -0.660. The lowest BCUT2D eigenvalue weighted by Crippen LogP contribution is -2.44. The molecule has 0 aromatic carbocycles. The van der Waals surface area contributed by atoms with Crippen LogP contribution in [0.1, 0.15) is 13.3 Å². The quantitative estimate of drug-likeness (QED) is 0.604. The summed E-state index contributed by atoms with van der Waals surface area (Å²) < 4.78 is 29.0. The molecule has 14 heavy (non-hydrogen) atoms. The van der Waals surface area contributed by atoms with Gasteiger partial charge in [-0.25, -0.2) is 8.42 Å². The average Bonchev–Trinajstić information content (AvgIpc) is 2.02. The summed E-state index contributed by atoms with van der Waals surface area (Å²) in [6, 6.07) is -1.21. The molecular weight excluding hydrogens is 210 g/mol. The zero-order valence-corrected chi connectivity index (χ0v) is 9.00. The molecule has 0 heterocycles. The molecule has 1 unspecified atom stereocenters. The zero-order chi connectivity index (χ0) is 11.2. The van der Waals surface area contributed by atoms with Crippen molar-refractivity contribution in [1.82, 2.24) is 4.72 Å². The number of rotatable bonds is 7. The maximum absolute atomic E-state index is 11.2. The summed E-state index contributed by atoms with van der Waals surface area (Å²) in [4.78, 5) is 10.6. The topological polar surface area (TPSA) is 92.7 Å². The van der Waals surface area contributed by atoms with Gasteiger partial charge < -0.3 is 9.84 Å². The number of ether oxygens (including phenoxy) is 1. The number of carboxylic acid groups (broad SMARTS) is 1. The van der Waals surface area contributed by atoms with Crippen LogP contribution in [0.25, 0.3) is 0 Å². The highest BCUT2D eigenvalue weighted by molar-refractivity contribution is 7.89. The molecule has 0 aromatic rings. The molecule has 0 saturated heterocycles. The maximum Gasteiger partial charge on any atom is 0.324 e. The second kappa shape index (κ2) is 5.94. The van der Waals surface area contributed by atoms with Crippen LogP contribution >= 0.6 is 0 Å². The molecule has 0 amide bonds. The van der Waals surface area contributed by atoms with Gasteiger partial charge in [-0.05, 0) is 6.42 Å². The fourth-order valence-corrected chi connectivity index (χ4v) is 2.12. The Morgan fingerprint density at radius 3 is 2.50 bits per heavy atom. The molecule has 0 saturated carbocycles. The largest absolute Gasteiger partial charge is 0.480 e. The third kappa shape index (κ3) is 5.15. The van der Waals surface area contributed by atoms with E-state index in [1.807, 2.05) is 4.72 Å². The fourth-order valence-electron chi connectivity index (χ4n) is 0.867. The van der Waals surface area contributed by atoms with Gasteiger partial charge in [0, 0.05) is 7.11 Å². The minimum Gasteiger partial charge on any atom is -0.480 e. The second-order valence-corrected chi connectivity index (χ2v) is 4.66. The van der Waals surface area contributed by atoms with Crippen molar-refractivity contribution >= 4 is 16.0 Å². The number of hydrogen-bond acceptors (Lipinski definition) is 4. The Morgan fingerprint density at radius 1 is 1.57 bits per heavy atom. The van der Waals surface area contributed by atoms with Gasteiger partial charge in [-0.15, -0.1) is 0 Å². The van der Waals surface area contributed by atoms with Crippen LogP contribution in [0.5, 0.6) is 0 Å². The predicted molar refractivity (Wildman–Crippen MR) is 50.5 cm³/mol. The van der Waals surface area contributed by atoms with Crippen molar-refractivity contribution < 1.29 is 23.1 Å². The standard InChI is InChI=1S/C7H15NO5S/c1-3-4-14(11,12)8-6(5-13-2)7(9)10/h6,8H,3-5H2,1-2H3,(H,9,10). The molecule has 0 aromatic heterocycles. The third-order valence-electron chi connectivity index (χ3n) is 1.43. The normalized spacial score (nSPS) is 13.9. The number of aliphatic carboxylic acids is 1. The van der Waals surface area contributed by atoms with E-state index in [0.29, 0.717) is 6.42 Å². The van der Waals surface area contributed by atoms with E-state index in [-0.39, 0.29) is 12.4 Å². The summed E-state index contributed by atoms with van der Waals surface area (Å²) in [5.74, 6) is -1.33. The molecule has 0 aliphatic carbocycles. The summed E-state index contributed by atoms with van der Waals surface area (Å²) in [5.41, 5.74) is 0. The first-order valence-electron chi connectivity index (χ1n) is 4.14. The number of carbonyl (C=O) groups is 1. The molecule has 1 atom stereocenters. The van der Waals surface area contributed by atoms with Crippen LogP contribution in [-0.2, 0) is 19.6 Å². The molecule has 0 spiro atoms. The van der Waals surface area contributed by atoms with Gasteiger partial charge in [0.05, 0.1) is 12.4 Å². The molecule has 7 heteroatoms. The monoisotopic (exact) mass is 225 g/mol. The summed E-state index contributed by atoms with van der Waals surface area (Å²) >= 11 is 0. The zero-order valence-electron chi connectivity index (χ0n) is 8.19. The highest BCUT2D eigenvalue weighted by Crippen LogP contribution is 1.94. The Kier molecular flexibility index (Phi) is 5.66. The van der Waals surface area contributed by atoms with E-state index in [4.69, 9.17) is 5.11 Å². The van der Waals surface area contributed by atoms with Gasteiger partial charge in [-0.1, -0.05) is 6.92 Å². The Bertz CT molecular complexity index is 274. The second-order valence-electron chi connectivity index (χ2n) is 2.78. The minimum atomic E-state index is -3.51. The van der Waals surface area contributed by atoms with Gasteiger partial charge in [-0.3, -0.25) is 4.79 Å². The minimum absolute atomic E-state index is 0.0828. The van der Waals surface area contributed by atoms with Gasteiger partial charge in [-0.2, -0.15) is 4.72 Å². The highest BCUT2D eigenvalue weighted by atomic mass is 32.2. The van der Waals surface area contributed by atoms with E-state index in [1.54, 1.807) is 6.92 Å². The van der Waals surface area contributed by atoms with Crippen LogP contribution in [0.3, 0.4) is 0 Å². The number of sulfonamides is 1.